The molecule has 0 aliphatic carbocycles. The smallest absolute Gasteiger partial charge is 0.115 e. The highest BCUT2D eigenvalue weighted by molar-refractivity contribution is 5.82. The van der Waals surface area contributed by atoms with Gasteiger partial charge in [0.15, 0.2) is 0 Å². The third-order valence-corrected chi connectivity index (χ3v) is 4.79. The molecule has 0 atom stereocenters. The molecule has 0 aliphatic heterocycles. The number of halogens is 1. The van der Waals surface area contributed by atoms with Crippen LogP contribution < -0.4 is 0 Å². The zero-order valence-corrected chi connectivity index (χ0v) is 14.8. The van der Waals surface area contributed by atoms with Gasteiger partial charge in [0, 0.05) is 30.7 Å². The summed E-state index contributed by atoms with van der Waals surface area (Å²) in [7, 11) is 0. The zero-order chi connectivity index (χ0) is 17.1. The molecule has 2 aromatic heterocycles. The van der Waals surface area contributed by atoms with Gasteiger partial charge in [-0.3, -0.25) is 4.98 Å². The van der Waals surface area contributed by atoms with Crippen molar-refractivity contribution in [2.45, 2.75) is 53.3 Å². The second kappa shape index (κ2) is 7.16. The number of hydrogen-bond acceptors (Lipinski definition) is 1. The Morgan fingerprint density at radius 2 is 1.88 bits per heavy atom. The normalized spacial score (nSPS) is 11.3. The Bertz CT molecular complexity index is 825. The monoisotopic (exact) mass is 324 g/mol. The van der Waals surface area contributed by atoms with Gasteiger partial charge in [-0.15, -0.1) is 0 Å². The van der Waals surface area contributed by atoms with Gasteiger partial charge < -0.3 is 4.57 Å². The predicted octanol–water partition coefficient (Wildman–Crippen LogP) is 5.51. The molecule has 3 heteroatoms. The number of hydrogen-bond donors (Lipinski definition) is 0. The van der Waals surface area contributed by atoms with E-state index in [1.165, 1.54) is 29.3 Å². The molecule has 2 heterocycles. The summed E-state index contributed by atoms with van der Waals surface area (Å²) in [6.07, 6.45) is 7.23. The molecule has 0 unspecified atom stereocenters. The van der Waals surface area contributed by atoms with Crippen molar-refractivity contribution in [3.63, 3.8) is 0 Å². The lowest BCUT2D eigenvalue weighted by Crippen LogP contribution is -2.01. The summed E-state index contributed by atoms with van der Waals surface area (Å²) in [6.45, 7) is 6.98. The van der Waals surface area contributed by atoms with Crippen molar-refractivity contribution in [3.8, 4) is 0 Å². The van der Waals surface area contributed by atoms with Crippen molar-refractivity contribution >= 4 is 10.9 Å². The average molecular weight is 324 g/mol. The Morgan fingerprint density at radius 3 is 2.54 bits per heavy atom. The van der Waals surface area contributed by atoms with E-state index < -0.39 is 6.67 Å². The molecule has 24 heavy (non-hydrogen) atoms. The minimum atomic E-state index is -0.407. The van der Waals surface area contributed by atoms with Gasteiger partial charge in [0.05, 0.1) is 11.2 Å². The fourth-order valence-corrected chi connectivity index (χ4v) is 3.45. The molecule has 0 N–H and O–H groups in total. The summed E-state index contributed by atoms with van der Waals surface area (Å²) >= 11 is 0. The van der Waals surface area contributed by atoms with Crippen LogP contribution in [-0.2, 0) is 19.6 Å². The largest absolute Gasteiger partial charge is 0.347 e. The van der Waals surface area contributed by atoms with Crippen molar-refractivity contribution in [2.75, 3.05) is 0 Å². The molecule has 0 saturated heterocycles. The molecule has 0 spiro atoms. The lowest BCUT2D eigenvalue weighted by atomic mass is 9.95. The van der Waals surface area contributed by atoms with Crippen molar-refractivity contribution in [1.82, 2.24) is 9.55 Å². The number of nitrogens with zero attached hydrogens (tertiary/aromatic N) is 2. The highest BCUT2D eigenvalue weighted by Gasteiger charge is 2.11. The number of unbranched alkanes of at least 4 members (excludes halogenated alkanes) is 1. The van der Waals surface area contributed by atoms with Gasteiger partial charge in [-0.25, -0.2) is 4.39 Å². The van der Waals surface area contributed by atoms with E-state index in [9.17, 15) is 4.39 Å². The molecule has 3 aromatic rings. The van der Waals surface area contributed by atoms with Gasteiger partial charge in [0.1, 0.15) is 6.67 Å². The molecule has 0 bridgehead atoms. The molecule has 0 radical (unpaired) electrons. The van der Waals surface area contributed by atoms with E-state index in [1.807, 2.05) is 18.3 Å². The maximum atomic E-state index is 12.9. The van der Waals surface area contributed by atoms with Crippen molar-refractivity contribution < 1.29 is 4.39 Å². The number of aryl methyl sites for hydroxylation is 3. The molecular formula is C21H25FN2. The van der Waals surface area contributed by atoms with E-state index >= 15 is 0 Å². The van der Waals surface area contributed by atoms with Crippen LogP contribution >= 0.6 is 0 Å². The first-order valence-electron chi connectivity index (χ1n) is 8.71. The van der Waals surface area contributed by atoms with E-state index in [4.69, 9.17) is 0 Å². The third kappa shape index (κ3) is 3.21. The number of pyridine rings is 1. The summed E-state index contributed by atoms with van der Waals surface area (Å²) in [5.74, 6) is 0. The van der Waals surface area contributed by atoms with Crippen LogP contribution in [0.3, 0.4) is 0 Å². The summed E-state index contributed by atoms with van der Waals surface area (Å²) < 4.78 is 15.3. The number of aromatic nitrogens is 2. The molecule has 3 rings (SSSR count). The molecule has 1 aromatic carbocycles. The second-order valence-electron chi connectivity index (χ2n) is 6.57. The van der Waals surface area contributed by atoms with Crippen LogP contribution in [0.15, 0.2) is 36.7 Å². The molecule has 0 saturated carbocycles. The Hall–Kier alpha value is -2.16. The summed E-state index contributed by atoms with van der Waals surface area (Å²) in [5.41, 5.74) is 6.66. The van der Waals surface area contributed by atoms with Gasteiger partial charge in [0.25, 0.3) is 0 Å². The van der Waals surface area contributed by atoms with Crippen molar-refractivity contribution in [3.05, 3.63) is 64.6 Å². The van der Waals surface area contributed by atoms with Crippen LogP contribution in [0.4, 0.5) is 4.39 Å². The zero-order valence-electron chi connectivity index (χ0n) is 14.8. The van der Waals surface area contributed by atoms with Gasteiger partial charge >= 0.3 is 0 Å². The topological polar surface area (TPSA) is 17.8 Å². The van der Waals surface area contributed by atoms with Crippen LogP contribution in [0.2, 0.25) is 0 Å². The second-order valence-corrected chi connectivity index (χ2v) is 6.57. The van der Waals surface area contributed by atoms with E-state index in [0.29, 0.717) is 0 Å². The molecule has 0 aliphatic rings. The first-order chi connectivity index (χ1) is 11.6. The average Bonchev–Trinajstić information content (AvgIpc) is 3.00. The van der Waals surface area contributed by atoms with E-state index in [-0.39, 0.29) is 0 Å². The van der Waals surface area contributed by atoms with Crippen LogP contribution in [0.25, 0.3) is 10.9 Å². The van der Waals surface area contributed by atoms with Gasteiger partial charge in [-0.05, 0) is 54.7 Å². The van der Waals surface area contributed by atoms with Crippen LogP contribution in [0, 0.1) is 13.8 Å². The number of benzene rings is 1. The fourth-order valence-electron chi connectivity index (χ4n) is 3.45. The number of alkyl halides is 1. The predicted molar refractivity (Wildman–Crippen MR) is 98.2 cm³/mol. The summed E-state index contributed by atoms with van der Waals surface area (Å²) in [6, 6.07) is 8.18. The molecule has 0 amide bonds. The molecular weight excluding hydrogens is 299 g/mol. The third-order valence-electron chi connectivity index (χ3n) is 4.79. The maximum Gasteiger partial charge on any atom is 0.115 e. The lowest BCUT2D eigenvalue weighted by Gasteiger charge is -2.12. The van der Waals surface area contributed by atoms with E-state index in [2.05, 4.69) is 48.7 Å². The lowest BCUT2D eigenvalue weighted by molar-refractivity contribution is 0.485. The quantitative estimate of drug-likeness (QED) is 0.584. The Morgan fingerprint density at radius 1 is 1.12 bits per heavy atom. The van der Waals surface area contributed by atoms with Gasteiger partial charge in [-0.1, -0.05) is 25.5 Å². The van der Waals surface area contributed by atoms with Crippen LogP contribution in [0.5, 0.6) is 0 Å². The minimum Gasteiger partial charge on any atom is -0.347 e. The molecule has 0 fully saturated rings. The van der Waals surface area contributed by atoms with Gasteiger partial charge in [0.2, 0.25) is 0 Å². The Labute approximate surface area is 143 Å². The highest BCUT2D eigenvalue weighted by Crippen LogP contribution is 2.25. The number of rotatable bonds is 6. The summed E-state index contributed by atoms with van der Waals surface area (Å²) in [4.78, 5) is 4.63. The van der Waals surface area contributed by atoms with Crippen LogP contribution in [-0.4, -0.2) is 9.55 Å². The SMILES string of the molecule is CCCCn1ccc2c(Cc3c(C)cc(CF)cc3C)nccc21. The van der Waals surface area contributed by atoms with Crippen LogP contribution in [0.1, 0.15) is 47.7 Å². The van der Waals surface area contributed by atoms with Gasteiger partial charge in [-0.2, -0.15) is 0 Å². The molecule has 2 nitrogen and oxygen atoms in total. The highest BCUT2D eigenvalue weighted by atomic mass is 19.1. The molecule has 126 valence electrons. The fraction of sp³-hybridized carbons (Fsp3) is 0.381. The maximum absolute atomic E-state index is 12.9. The standard InChI is InChI=1S/C21H25FN2/c1-4-5-9-24-10-7-18-20(23-8-6-21(18)24)13-19-15(2)11-17(14-22)12-16(19)3/h6-8,10-12H,4-5,9,13-14H2,1-3H3. The first kappa shape index (κ1) is 16.7. The summed E-state index contributed by atoms with van der Waals surface area (Å²) in [5, 5.41) is 1.22. The van der Waals surface area contributed by atoms with E-state index in [1.54, 1.807) is 0 Å². The first-order valence-corrected chi connectivity index (χ1v) is 8.71. The van der Waals surface area contributed by atoms with E-state index in [0.717, 1.165) is 35.3 Å². The van der Waals surface area contributed by atoms with Crippen molar-refractivity contribution in [2.24, 2.45) is 0 Å². The minimum absolute atomic E-state index is 0.407. The number of fused-ring (bicyclic) bond motifs is 1. The van der Waals surface area contributed by atoms with Crippen molar-refractivity contribution in [1.29, 1.82) is 0 Å². The Balaban J connectivity index is 1.98. The Kier molecular flexibility index (Phi) is 4.98.